The molecular weight excluding hydrogens is 218 g/mol. The molecule has 0 amide bonds. The van der Waals surface area contributed by atoms with Gasteiger partial charge < -0.3 is 9.88 Å². The van der Waals surface area contributed by atoms with Gasteiger partial charge in [0.1, 0.15) is 0 Å². The van der Waals surface area contributed by atoms with Gasteiger partial charge in [-0.25, -0.2) is 4.79 Å². The lowest BCUT2D eigenvalue weighted by molar-refractivity contribution is 0.378. The molecule has 1 aromatic rings. The van der Waals surface area contributed by atoms with Crippen molar-refractivity contribution in [2.24, 2.45) is 19.5 Å². The quantitative estimate of drug-likeness (QED) is 0.821. The highest BCUT2D eigenvalue weighted by Gasteiger charge is 2.11. The van der Waals surface area contributed by atoms with E-state index in [0.717, 1.165) is 11.1 Å². The van der Waals surface area contributed by atoms with Gasteiger partial charge in [0.25, 0.3) is 5.56 Å². The third-order valence-electron chi connectivity index (χ3n) is 2.49. The minimum absolute atomic E-state index is 0.173. The average molecular weight is 239 g/mol. The molecule has 1 rings (SSSR count). The zero-order valence-corrected chi connectivity index (χ0v) is 11.2. The summed E-state index contributed by atoms with van der Waals surface area (Å²) in [5.74, 6) is 0. The Balaban J connectivity index is 2.87. The summed E-state index contributed by atoms with van der Waals surface area (Å²) in [5, 5.41) is 3.23. The lowest BCUT2D eigenvalue weighted by Crippen LogP contribution is -2.40. The Labute approximate surface area is 101 Å². The molecule has 0 saturated carbocycles. The fourth-order valence-electron chi connectivity index (χ4n) is 1.58. The van der Waals surface area contributed by atoms with Crippen LogP contribution in [0.2, 0.25) is 0 Å². The molecule has 0 spiro atoms. The topological polar surface area (TPSA) is 56.0 Å². The SMILES string of the molecule is Cn1cc(CNCC(C)(C)C)c(=O)n(C)c1=O. The van der Waals surface area contributed by atoms with Gasteiger partial charge in [0, 0.05) is 38.9 Å². The van der Waals surface area contributed by atoms with Crippen molar-refractivity contribution in [2.45, 2.75) is 27.3 Å². The Bertz CT molecular complexity index is 506. The minimum atomic E-state index is -0.297. The second kappa shape index (κ2) is 4.87. The number of rotatable bonds is 3. The predicted molar refractivity (Wildman–Crippen MR) is 68.1 cm³/mol. The van der Waals surface area contributed by atoms with E-state index in [4.69, 9.17) is 0 Å². The molecule has 17 heavy (non-hydrogen) atoms. The van der Waals surface area contributed by atoms with Gasteiger partial charge in [0.2, 0.25) is 0 Å². The summed E-state index contributed by atoms with van der Waals surface area (Å²) in [4.78, 5) is 23.3. The van der Waals surface area contributed by atoms with E-state index in [-0.39, 0.29) is 16.7 Å². The van der Waals surface area contributed by atoms with E-state index in [1.54, 1.807) is 13.2 Å². The zero-order chi connectivity index (χ0) is 13.2. The van der Waals surface area contributed by atoms with Gasteiger partial charge in [-0.1, -0.05) is 20.8 Å². The van der Waals surface area contributed by atoms with E-state index in [0.29, 0.717) is 12.1 Å². The molecule has 1 heterocycles. The van der Waals surface area contributed by atoms with Gasteiger partial charge in [0.15, 0.2) is 0 Å². The monoisotopic (exact) mass is 239 g/mol. The van der Waals surface area contributed by atoms with Gasteiger partial charge >= 0.3 is 5.69 Å². The Kier molecular flexibility index (Phi) is 3.93. The van der Waals surface area contributed by atoms with Crippen molar-refractivity contribution in [2.75, 3.05) is 6.54 Å². The second-order valence-corrected chi connectivity index (χ2v) is 5.58. The molecule has 5 heteroatoms. The van der Waals surface area contributed by atoms with Crippen LogP contribution in [0.3, 0.4) is 0 Å². The summed E-state index contributed by atoms with van der Waals surface area (Å²) in [6.07, 6.45) is 1.60. The van der Waals surface area contributed by atoms with Crippen molar-refractivity contribution in [3.63, 3.8) is 0 Å². The molecule has 5 nitrogen and oxygen atoms in total. The molecule has 0 bridgehead atoms. The maximum Gasteiger partial charge on any atom is 0.330 e. The summed E-state index contributed by atoms with van der Waals surface area (Å²) in [7, 11) is 3.15. The minimum Gasteiger partial charge on any atom is -0.312 e. The number of nitrogens with zero attached hydrogens (tertiary/aromatic N) is 2. The normalized spacial score (nSPS) is 11.8. The fraction of sp³-hybridized carbons (Fsp3) is 0.667. The third kappa shape index (κ3) is 3.56. The van der Waals surface area contributed by atoms with Crippen LogP contribution in [0.5, 0.6) is 0 Å². The molecule has 0 radical (unpaired) electrons. The average Bonchev–Trinajstić information content (AvgIpc) is 2.21. The highest BCUT2D eigenvalue weighted by Crippen LogP contribution is 2.10. The van der Waals surface area contributed by atoms with Crippen LogP contribution in [0, 0.1) is 5.41 Å². The number of aromatic nitrogens is 2. The molecular formula is C12H21N3O2. The van der Waals surface area contributed by atoms with Crippen LogP contribution in [0.25, 0.3) is 0 Å². The summed E-state index contributed by atoms with van der Waals surface area (Å²) in [6.45, 7) is 7.67. The second-order valence-electron chi connectivity index (χ2n) is 5.58. The van der Waals surface area contributed by atoms with Crippen LogP contribution < -0.4 is 16.6 Å². The number of nitrogens with one attached hydrogen (secondary N) is 1. The van der Waals surface area contributed by atoms with Gasteiger partial charge in [-0.2, -0.15) is 0 Å². The van der Waals surface area contributed by atoms with Crippen LogP contribution in [0.15, 0.2) is 15.8 Å². The number of hydrogen-bond donors (Lipinski definition) is 1. The smallest absolute Gasteiger partial charge is 0.312 e. The van der Waals surface area contributed by atoms with E-state index in [2.05, 4.69) is 26.1 Å². The summed E-state index contributed by atoms with van der Waals surface area (Å²) < 4.78 is 2.56. The van der Waals surface area contributed by atoms with Crippen molar-refractivity contribution >= 4 is 0 Å². The molecule has 96 valence electrons. The molecule has 0 saturated heterocycles. The lowest BCUT2D eigenvalue weighted by atomic mass is 9.97. The molecule has 1 aromatic heterocycles. The van der Waals surface area contributed by atoms with Crippen molar-refractivity contribution in [1.29, 1.82) is 0 Å². The Hall–Kier alpha value is -1.36. The van der Waals surface area contributed by atoms with Crippen LogP contribution in [-0.2, 0) is 20.6 Å². The molecule has 0 aliphatic rings. The van der Waals surface area contributed by atoms with Crippen molar-refractivity contribution in [1.82, 2.24) is 14.5 Å². The summed E-state index contributed by atoms with van der Waals surface area (Å²) in [5.41, 5.74) is 0.259. The van der Waals surface area contributed by atoms with Gasteiger partial charge in [-0.15, -0.1) is 0 Å². The standard InChI is InChI=1S/C12H21N3O2/c1-12(2,3)8-13-6-9-7-14(4)11(17)15(5)10(9)16/h7,13H,6,8H2,1-5H3. The zero-order valence-electron chi connectivity index (χ0n) is 11.2. The molecule has 0 atom stereocenters. The van der Waals surface area contributed by atoms with Crippen LogP contribution >= 0.6 is 0 Å². The first-order valence-electron chi connectivity index (χ1n) is 5.68. The first kappa shape index (κ1) is 13.7. The largest absolute Gasteiger partial charge is 0.330 e. The maximum absolute atomic E-state index is 11.8. The van der Waals surface area contributed by atoms with Gasteiger partial charge in [-0.3, -0.25) is 9.36 Å². The molecule has 0 unspecified atom stereocenters. The Morgan fingerprint density at radius 3 is 2.35 bits per heavy atom. The van der Waals surface area contributed by atoms with Crippen molar-refractivity contribution in [3.8, 4) is 0 Å². The molecule has 0 aromatic carbocycles. The lowest BCUT2D eigenvalue weighted by Gasteiger charge is -2.18. The molecule has 0 fully saturated rings. The number of aryl methyl sites for hydroxylation is 1. The van der Waals surface area contributed by atoms with E-state index >= 15 is 0 Å². The fourth-order valence-corrected chi connectivity index (χ4v) is 1.58. The maximum atomic E-state index is 11.8. The van der Waals surface area contributed by atoms with Crippen LogP contribution in [0.1, 0.15) is 26.3 Å². The van der Waals surface area contributed by atoms with E-state index < -0.39 is 0 Å². The summed E-state index contributed by atoms with van der Waals surface area (Å²) in [6, 6.07) is 0. The Morgan fingerprint density at radius 1 is 1.24 bits per heavy atom. The van der Waals surface area contributed by atoms with Crippen LogP contribution in [-0.4, -0.2) is 15.7 Å². The highest BCUT2D eigenvalue weighted by atomic mass is 16.2. The van der Waals surface area contributed by atoms with E-state index in [1.807, 2.05) is 0 Å². The van der Waals surface area contributed by atoms with Crippen LogP contribution in [0.4, 0.5) is 0 Å². The number of hydrogen-bond acceptors (Lipinski definition) is 3. The van der Waals surface area contributed by atoms with Gasteiger partial charge in [-0.05, 0) is 5.41 Å². The first-order valence-corrected chi connectivity index (χ1v) is 5.68. The molecule has 1 N–H and O–H groups in total. The first-order chi connectivity index (χ1) is 7.72. The Morgan fingerprint density at radius 2 is 1.82 bits per heavy atom. The predicted octanol–water partition coefficient (Wildman–Crippen LogP) is 0.220. The highest BCUT2D eigenvalue weighted by molar-refractivity contribution is 5.05. The van der Waals surface area contributed by atoms with Crippen molar-refractivity contribution < 1.29 is 0 Å². The third-order valence-corrected chi connectivity index (χ3v) is 2.49. The van der Waals surface area contributed by atoms with E-state index in [9.17, 15) is 9.59 Å². The van der Waals surface area contributed by atoms with Gasteiger partial charge in [0.05, 0.1) is 0 Å². The molecule has 0 aliphatic carbocycles. The summed E-state index contributed by atoms with van der Waals surface area (Å²) >= 11 is 0. The molecule has 0 aliphatic heterocycles. The van der Waals surface area contributed by atoms with Crippen molar-refractivity contribution in [3.05, 3.63) is 32.6 Å². The van der Waals surface area contributed by atoms with E-state index in [1.165, 1.54) is 11.6 Å².